The number of aryl methyl sites for hydroxylation is 3. The predicted molar refractivity (Wildman–Crippen MR) is 420 cm³/mol. The summed E-state index contributed by atoms with van der Waals surface area (Å²) in [5.41, 5.74) is -9.76. The van der Waals surface area contributed by atoms with Crippen LogP contribution in [0.2, 0.25) is 0 Å². The summed E-state index contributed by atoms with van der Waals surface area (Å²) in [6.45, 7) is 8.36. The van der Waals surface area contributed by atoms with Gasteiger partial charge in [-0.05, 0) is 252 Å². The van der Waals surface area contributed by atoms with E-state index < -0.39 is 305 Å². The number of anilines is 3. The first kappa shape index (κ1) is 36.3. The number of benzene rings is 6. The van der Waals surface area contributed by atoms with Crippen LogP contribution in [0.3, 0.4) is 0 Å². The lowest BCUT2D eigenvalue weighted by Crippen LogP contribution is -2.14. The first-order valence-corrected chi connectivity index (χ1v) is 31.3. The van der Waals surface area contributed by atoms with Gasteiger partial charge in [0, 0.05) is 152 Å². The molecule has 15 rings (SSSR count). The molecule has 0 aliphatic heterocycles. The number of hydrogen-bond acceptors (Lipinski definition) is 14. The third-order valence-electron chi connectivity index (χ3n) is 14.0. The number of aromatic amines is 3. The normalized spacial score (nSPS) is 17.2. The maximum absolute atomic E-state index is 13.8. The number of carbonyl (C=O) groups excluding carboxylic acids is 3. The molecule has 6 aromatic carbocycles. The highest BCUT2D eigenvalue weighted by molar-refractivity contribution is 6.06. The molecule has 534 valence electrons. The van der Waals surface area contributed by atoms with Gasteiger partial charge in [-0.2, -0.15) is 0 Å². The van der Waals surface area contributed by atoms with Crippen molar-refractivity contribution in [1.29, 1.82) is 0 Å². The first-order valence-electron chi connectivity index (χ1n) is 52.8. The molecule has 0 unspecified atom stereocenters. The second kappa shape index (κ2) is 32.9. The highest BCUT2D eigenvalue weighted by Gasteiger charge is 2.16. The molecular formula is C85H76N20O3. The average Bonchev–Trinajstić information content (AvgIpc) is 1.63. The number of imidazole rings is 2. The average molecular weight is 1470 g/mol. The van der Waals surface area contributed by atoms with Crippen molar-refractivity contribution in [2.75, 3.05) is 16.0 Å². The number of hydrogen-bond donors (Lipinski definition) is 6. The van der Waals surface area contributed by atoms with Gasteiger partial charge in [-0.1, -0.05) is 18.1 Å². The summed E-state index contributed by atoms with van der Waals surface area (Å²) in [4.78, 5) is 91.6. The SMILES string of the molecule is [2H]c1nc(=Nc2c([2H])c(C(=O)Nc3c([2H])c(C)c([2H])c(-n4c([2H])cc(C)c4[2H])c3[2H])c([2H])c([2H])c2C)[nH]c(-c2c([2H])nc([2H])c([2H])c2[2H])c1[2H].[2H]c1nc(=Nc2c([2H])c(C(=O)Nc3c([2H])c(C)c([2H])c(-n4c([2H])nc(C)c4[2H])c3[2H])c([2H])c([2H])c2C)[nH]c(-c2c([2H])nc([2H])c([2H])c2[2H])c1[2H].[2H]c1nc(=Nc2c([2H])c(C(=O)Nc3c([2H])c(C)c([2H])c(-n4cnc(C)c4)c3[2H])c([2H])c([2H])c2C([2H])([2H])[2H])[nH]c(-c2c([2H])nc([2H])c([2H])c2[2H])c1[2H]. The first-order chi connectivity index (χ1) is 70.2. The van der Waals surface area contributed by atoms with Crippen molar-refractivity contribution >= 4 is 51.8 Å². The molecule has 9 heterocycles. The van der Waals surface area contributed by atoms with Crippen LogP contribution in [-0.4, -0.2) is 86.2 Å². The van der Waals surface area contributed by atoms with E-state index in [1.54, 1.807) is 13.8 Å². The van der Waals surface area contributed by atoms with E-state index in [0.29, 0.717) is 11.3 Å². The Kier molecular flexibility index (Phi) is 11.0. The van der Waals surface area contributed by atoms with E-state index in [9.17, 15) is 14.4 Å². The van der Waals surface area contributed by atoms with E-state index >= 15 is 0 Å². The number of rotatable bonds is 15. The van der Waals surface area contributed by atoms with Crippen molar-refractivity contribution in [3.63, 3.8) is 0 Å². The minimum Gasteiger partial charge on any atom is -0.324 e. The maximum Gasteiger partial charge on any atom is 0.255 e. The molecule has 0 fully saturated rings. The standard InChI is InChI=1S/C29H26N6O.2C28H25N7O/c1-19-9-12-35(18-19)25-14-20(2)13-24(16-25)32-28(36)22-7-6-21(3)27(15-22)34-29-31-11-8-26(33-29)23-5-4-10-30-17-23;2*1-18-11-23(14-24(12-18)35-16-20(3)31-17-35)32-27(36)21-7-6-19(2)26(13-21)34-28-30-10-8-25(33-28)22-5-4-9-29-15-22/h4-18H,1-3H3,(H,32,36)(H,31,33,34);2*4-17H,1-3H3,(H,32,36)(H,30,33,34)/i4D,5D,6D,7D,8D,10D,11D,12D,13D,14D,15D,16D,17D,18D;4D,5D,6D,7D,8D,9D,10D,11D,12D,13D,14D,15D,16D,17D;2D3,4D,5D,6D,7D,8D,9D,10D,11D,12D,13D,14D,15D. The molecule has 108 heavy (non-hydrogen) atoms. The summed E-state index contributed by atoms with van der Waals surface area (Å²) in [6, 6.07) is -15.2. The van der Waals surface area contributed by atoms with E-state index in [4.69, 9.17) is 58.9 Å². The summed E-state index contributed by atoms with van der Waals surface area (Å²) in [7, 11) is 0. The number of aromatic nitrogens is 14. The molecule has 9 aromatic heterocycles. The van der Waals surface area contributed by atoms with E-state index in [1.165, 1.54) is 64.7 Å². The van der Waals surface area contributed by atoms with Gasteiger partial charge in [-0.3, -0.25) is 29.3 Å². The van der Waals surface area contributed by atoms with Crippen LogP contribution in [-0.2, 0) is 0 Å². The van der Waals surface area contributed by atoms with E-state index in [2.05, 4.69) is 85.8 Å². The Balaban J connectivity index is 0.000000189. The molecule has 0 saturated carbocycles. The molecule has 0 bridgehead atoms. The molecule has 23 nitrogen and oxygen atoms in total. The van der Waals surface area contributed by atoms with Gasteiger partial charge in [0.15, 0.2) is 0 Å². The smallest absolute Gasteiger partial charge is 0.255 e. The van der Waals surface area contributed by atoms with Crippen LogP contribution in [0.5, 0.6) is 0 Å². The van der Waals surface area contributed by atoms with Gasteiger partial charge in [-0.25, -0.2) is 39.9 Å². The summed E-state index contributed by atoms with van der Waals surface area (Å²) in [5, 5.41) is 6.99. The fourth-order valence-corrected chi connectivity index (χ4v) is 9.09. The molecular weight excluding hydrogens is 1350 g/mol. The number of H-pyrrole nitrogens is 3. The van der Waals surface area contributed by atoms with E-state index in [0.717, 1.165) is 9.13 Å². The Morgan fingerprint density at radius 3 is 1.19 bits per heavy atom. The largest absolute Gasteiger partial charge is 0.324 e. The Bertz CT molecular complexity index is 8340. The molecule has 0 spiro atoms. The van der Waals surface area contributed by atoms with Crippen LogP contribution in [0.15, 0.2) is 277 Å². The van der Waals surface area contributed by atoms with Crippen LogP contribution in [0.25, 0.3) is 50.8 Å². The number of nitrogens with zero attached hydrogens (tertiary/aromatic N) is 14. The zero-order chi connectivity index (χ0) is 113. The lowest BCUT2D eigenvalue weighted by molar-refractivity contribution is 0.101. The minimum atomic E-state index is -3.20. The van der Waals surface area contributed by atoms with Gasteiger partial charge in [0.05, 0.1) is 112 Å². The quantitative estimate of drug-likeness (QED) is 0.0561. The number of nitrogens with one attached hydrogen (secondary N) is 6. The van der Waals surface area contributed by atoms with Crippen molar-refractivity contribution in [2.45, 2.75) is 62.2 Å². The molecule has 23 heteroatoms. The zero-order valence-electron chi connectivity index (χ0n) is 100. The highest BCUT2D eigenvalue weighted by Crippen LogP contribution is 2.28. The van der Waals surface area contributed by atoms with Gasteiger partial charge in [0.25, 0.3) is 17.7 Å². The minimum absolute atomic E-state index is 0.00709. The topological polar surface area (TPSA) is 290 Å². The third kappa shape index (κ3) is 18.5. The lowest BCUT2D eigenvalue weighted by atomic mass is 10.1. The molecule has 0 saturated heterocycles. The highest BCUT2D eigenvalue weighted by atomic mass is 16.2. The van der Waals surface area contributed by atoms with E-state index in [1.807, 2.05) is 0 Å². The zero-order valence-corrected chi connectivity index (χ0v) is 57.2. The van der Waals surface area contributed by atoms with Crippen LogP contribution in [0.1, 0.15) is 140 Å². The van der Waals surface area contributed by atoms with Crippen molar-refractivity contribution in [2.24, 2.45) is 15.0 Å². The van der Waals surface area contributed by atoms with Gasteiger partial charge in [-0.15, -0.1) is 0 Å². The lowest BCUT2D eigenvalue weighted by Gasteiger charge is -2.11. The molecule has 15 aromatic rings. The summed E-state index contributed by atoms with van der Waals surface area (Å²) in [5.74, 6) is -3.67. The fourth-order valence-electron chi connectivity index (χ4n) is 9.09. The van der Waals surface area contributed by atoms with Crippen molar-refractivity contribution in [3.8, 4) is 50.8 Å². The molecule has 0 aliphatic rings. The van der Waals surface area contributed by atoms with Crippen molar-refractivity contribution in [3.05, 3.63) is 346 Å². The molecule has 0 aliphatic carbocycles. The van der Waals surface area contributed by atoms with Gasteiger partial charge < -0.3 is 44.6 Å². The van der Waals surface area contributed by atoms with Crippen LogP contribution in [0.4, 0.5) is 34.1 Å². The summed E-state index contributed by atoms with van der Waals surface area (Å²) < 4.78 is 361. The molecule has 6 N–H and O–H groups in total. The molecule has 0 radical (unpaired) electrons. The van der Waals surface area contributed by atoms with Gasteiger partial charge in [0.1, 0.15) is 1.37 Å². The molecule has 3 amide bonds. The second-order valence-corrected chi connectivity index (χ2v) is 22.3. The van der Waals surface area contributed by atoms with E-state index in [-0.39, 0.29) is 121 Å². The third-order valence-corrected chi connectivity index (χ3v) is 14.0. The van der Waals surface area contributed by atoms with Gasteiger partial charge >= 0.3 is 0 Å². The van der Waals surface area contributed by atoms with Gasteiger partial charge in [0.2, 0.25) is 16.9 Å². The summed E-state index contributed by atoms with van der Waals surface area (Å²) in [6.07, 6.45) is -4.43. The number of pyridine rings is 3. The van der Waals surface area contributed by atoms with Crippen molar-refractivity contribution < 1.29 is 73.3 Å². The van der Waals surface area contributed by atoms with Crippen LogP contribution < -0.4 is 32.8 Å². The Morgan fingerprint density at radius 2 is 0.815 bits per heavy atom. The van der Waals surface area contributed by atoms with Crippen molar-refractivity contribution in [1.82, 2.24) is 68.5 Å². The monoisotopic (exact) mass is 1470 g/mol. The van der Waals surface area contributed by atoms with Crippen LogP contribution in [0, 0.1) is 62.2 Å². The second-order valence-electron chi connectivity index (χ2n) is 22.3. The fraction of sp³-hybridized carbons (Fsp3) is 0.106. The Hall–Kier alpha value is -14.5. The van der Waals surface area contributed by atoms with Crippen LogP contribution >= 0.6 is 0 Å². The Labute approximate surface area is 683 Å². The number of amides is 3. The maximum atomic E-state index is 13.8. The predicted octanol–water partition coefficient (Wildman–Crippen LogP) is 15.8. The summed E-state index contributed by atoms with van der Waals surface area (Å²) >= 11 is 0. The molecule has 0 atom stereocenters. The Morgan fingerprint density at radius 1 is 0.407 bits per heavy atom. The number of carbonyl (C=O) groups is 3.